The molecule has 1 rings (SSSR count). The van der Waals surface area contributed by atoms with Crippen LogP contribution in [-0.2, 0) is 35.3 Å². The molecule has 0 aromatic heterocycles. The Bertz CT molecular complexity index is 1200. The number of carbonyl (C=O) groups excluding carboxylic acids is 6. The first-order valence-corrected chi connectivity index (χ1v) is 15.4. The molecule has 0 saturated carbocycles. The van der Waals surface area contributed by atoms with Crippen LogP contribution >= 0.6 is 0 Å². The van der Waals surface area contributed by atoms with Crippen LogP contribution in [-0.4, -0.2) is 76.5 Å². The van der Waals surface area contributed by atoms with Gasteiger partial charge < -0.3 is 42.2 Å². The molecule has 0 saturated heterocycles. The molecule has 0 radical (unpaired) electrons. The predicted octanol–water partition coefficient (Wildman–Crippen LogP) is 1.00. The molecule has 0 bridgehead atoms. The zero-order valence-electron chi connectivity index (χ0n) is 28.2. The predicted molar refractivity (Wildman–Crippen MR) is 172 cm³/mol. The molecular formula is C32H52N6O8. The monoisotopic (exact) mass is 648 g/mol. The second-order valence-corrected chi connectivity index (χ2v) is 13.2. The maximum Gasteiger partial charge on any atom is 0.408 e. The highest BCUT2D eigenvalue weighted by Gasteiger charge is 2.39. The fourth-order valence-corrected chi connectivity index (χ4v) is 4.16. The van der Waals surface area contributed by atoms with Gasteiger partial charge in [0.1, 0.15) is 29.8 Å². The molecule has 0 spiro atoms. The summed E-state index contributed by atoms with van der Waals surface area (Å²) < 4.78 is 5.26. The van der Waals surface area contributed by atoms with Crippen LogP contribution in [0.4, 0.5) is 4.79 Å². The van der Waals surface area contributed by atoms with Crippen molar-refractivity contribution in [1.82, 2.24) is 26.6 Å². The van der Waals surface area contributed by atoms with Gasteiger partial charge in [0.15, 0.2) is 0 Å². The summed E-state index contributed by atoms with van der Waals surface area (Å²) in [6, 6.07) is 6.27. The summed E-state index contributed by atoms with van der Waals surface area (Å²) in [5, 5.41) is 22.6. The van der Waals surface area contributed by atoms with Crippen LogP contribution < -0.4 is 32.3 Å². The lowest BCUT2D eigenvalue weighted by Crippen LogP contribution is -2.65. The molecule has 258 valence electrons. The van der Waals surface area contributed by atoms with E-state index in [0.717, 1.165) is 5.56 Å². The Labute approximate surface area is 271 Å². The SMILES string of the molecule is CC(C)C[C@H](NC(=O)OCc1ccccc1)C(=O)NC(C)(C)C(=O)NC(C)(C)C(=O)N[C@@H](CCC(N)=O)C(=O)N[C@H](CO)C(C)C. The molecule has 0 fully saturated rings. The summed E-state index contributed by atoms with van der Waals surface area (Å²) in [6.07, 6.45) is -0.827. The molecule has 1 aromatic carbocycles. The standard InChI is InChI=1S/C32H52N6O8/c1-19(2)16-23(36-30(45)46-18-21-12-10-9-11-13-21)27(42)37-32(7,8)29(44)38-31(5,6)28(43)35-22(14-15-25(33)40)26(41)34-24(17-39)20(3)4/h9-13,19-20,22-24,39H,14-18H2,1-8H3,(H2,33,40)(H,34,41)(H,35,43)(H,36,45)(H,37,42)(H,38,44)/t22-,23-,24+/m0/s1. The van der Waals surface area contributed by atoms with Gasteiger partial charge in [0, 0.05) is 6.42 Å². The van der Waals surface area contributed by atoms with Gasteiger partial charge in [-0.25, -0.2) is 4.79 Å². The maximum atomic E-state index is 13.4. The van der Waals surface area contributed by atoms with E-state index in [1.807, 2.05) is 32.0 Å². The van der Waals surface area contributed by atoms with Crippen molar-refractivity contribution in [3.63, 3.8) is 0 Å². The van der Waals surface area contributed by atoms with E-state index in [4.69, 9.17) is 10.5 Å². The van der Waals surface area contributed by atoms with Crippen LogP contribution in [0.1, 0.15) is 80.2 Å². The number of alkyl carbamates (subject to hydrolysis) is 1. The lowest BCUT2D eigenvalue weighted by atomic mass is 9.96. The van der Waals surface area contributed by atoms with E-state index in [-0.39, 0.29) is 44.3 Å². The zero-order chi connectivity index (χ0) is 35.2. The smallest absolute Gasteiger partial charge is 0.408 e. The number of rotatable bonds is 18. The second kappa shape index (κ2) is 18.1. The molecule has 14 nitrogen and oxygen atoms in total. The van der Waals surface area contributed by atoms with E-state index in [2.05, 4.69) is 26.6 Å². The van der Waals surface area contributed by atoms with Gasteiger partial charge in [0.05, 0.1) is 12.6 Å². The maximum absolute atomic E-state index is 13.4. The van der Waals surface area contributed by atoms with Gasteiger partial charge in [-0.1, -0.05) is 58.0 Å². The van der Waals surface area contributed by atoms with E-state index in [1.54, 1.807) is 26.0 Å². The van der Waals surface area contributed by atoms with Crippen LogP contribution in [0.5, 0.6) is 0 Å². The molecule has 6 amide bonds. The number of nitrogens with one attached hydrogen (secondary N) is 5. The summed E-state index contributed by atoms with van der Waals surface area (Å²) in [5.41, 5.74) is 2.92. The Kier molecular flexibility index (Phi) is 15.6. The van der Waals surface area contributed by atoms with Crippen LogP contribution in [0.25, 0.3) is 0 Å². The summed E-state index contributed by atoms with van der Waals surface area (Å²) in [5.74, 6) is -3.47. The van der Waals surface area contributed by atoms with Crippen LogP contribution in [0.2, 0.25) is 0 Å². The second-order valence-electron chi connectivity index (χ2n) is 13.2. The topological polar surface area (TPSA) is 218 Å². The van der Waals surface area contributed by atoms with Crippen molar-refractivity contribution in [1.29, 1.82) is 0 Å². The van der Waals surface area contributed by atoms with Crippen molar-refractivity contribution in [2.24, 2.45) is 17.6 Å². The Morgan fingerprint density at radius 2 is 1.39 bits per heavy atom. The van der Waals surface area contributed by atoms with Crippen molar-refractivity contribution >= 4 is 35.6 Å². The lowest BCUT2D eigenvalue weighted by molar-refractivity contribution is -0.138. The normalized spacial score (nSPS) is 13.6. The van der Waals surface area contributed by atoms with Crippen molar-refractivity contribution in [2.75, 3.05) is 6.61 Å². The van der Waals surface area contributed by atoms with Gasteiger partial charge in [-0.05, 0) is 57.9 Å². The third-order valence-electron chi connectivity index (χ3n) is 7.16. The van der Waals surface area contributed by atoms with Gasteiger partial charge in [-0.15, -0.1) is 0 Å². The van der Waals surface area contributed by atoms with Gasteiger partial charge in [0.25, 0.3) is 0 Å². The fourth-order valence-electron chi connectivity index (χ4n) is 4.16. The molecule has 1 aromatic rings. The molecule has 0 aliphatic heterocycles. The molecular weight excluding hydrogens is 596 g/mol. The zero-order valence-corrected chi connectivity index (χ0v) is 28.2. The molecule has 0 aliphatic rings. The van der Waals surface area contributed by atoms with Crippen molar-refractivity contribution < 1.29 is 38.6 Å². The first-order valence-electron chi connectivity index (χ1n) is 15.4. The minimum atomic E-state index is -1.57. The van der Waals surface area contributed by atoms with Gasteiger partial charge in [-0.3, -0.25) is 24.0 Å². The number of aliphatic hydroxyl groups excluding tert-OH is 1. The van der Waals surface area contributed by atoms with Crippen LogP contribution in [0, 0.1) is 11.8 Å². The van der Waals surface area contributed by atoms with E-state index in [0.29, 0.717) is 0 Å². The third-order valence-corrected chi connectivity index (χ3v) is 7.16. The van der Waals surface area contributed by atoms with Crippen molar-refractivity contribution in [3.05, 3.63) is 35.9 Å². The molecule has 14 heteroatoms. The number of amides is 6. The quantitative estimate of drug-likeness (QED) is 0.121. The largest absolute Gasteiger partial charge is 0.445 e. The summed E-state index contributed by atoms with van der Waals surface area (Å²) >= 11 is 0. The summed E-state index contributed by atoms with van der Waals surface area (Å²) in [4.78, 5) is 76.8. The summed E-state index contributed by atoms with van der Waals surface area (Å²) in [7, 11) is 0. The molecule has 46 heavy (non-hydrogen) atoms. The molecule has 8 N–H and O–H groups in total. The highest BCUT2D eigenvalue weighted by molar-refractivity contribution is 5.98. The number of benzene rings is 1. The van der Waals surface area contributed by atoms with Gasteiger partial charge in [0.2, 0.25) is 29.5 Å². The van der Waals surface area contributed by atoms with Crippen LogP contribution in [0.15, 0.2) is 30.3 Å². The molecule has 0 aliphatic carbocycles. The highest BCUT2D eigenvalue weighted by Crippen LogP contribution is 2.13. The molecule has 0 heterocycles. The van der Waals surface area contributed by atoms with Gasteiger partial charge in [-0.2, -0.15) is 0 Å². The Morgan fingerprint density at radius 1 is 0.804 bits per heavy atom. The highest BCUT2D eigenvalue weighted by atomic mass is 16.5. The number of aliphatic hydroxyl groups is 1. The minimum absolute atomic E-state index is 0.0117. The number of primary amides is 1. The lowest BCUT2D eigenvalue weighted by Gasteiger charge is -2.34. The number of carbonyl (C=O) groups is 6. The van der Waals surface area contributed by atoms with E-state index in [9.17, 15) is 33.9 Å². The number of hydrogen-bond donors (Lipinski definition) is 7. The van der Waals surface area contributed by atoms with Crippen LogP contribution in [0.3, 0.4) is 0 Å². The van der Waals surface area contributed by atoms with E-state index in [1.165, 1.54) is 27.7 Å². The Balaban J connectivity index is 2.95. The van der Waals surface area contributed by atoms with E-state index < -0.39 is 64.8 Å². The minimum Gasteiger partial charge on any atom is -0.445 e. The average Bonchev–Trinajstić information content (AvgIpc) is 2.95. The average molecular weight is 649 g/mol. The number of hydrogen-bond acceptors (Lipinski definition) is 8. The van der Waals surface area contributed by atoms with E-state index >= 15 is 0 Å². The first kappa shape index (κ1) is 39.8. The van der Waals surface area contributed by atoms with Crippen molar-refractivity contribution in [2.45, 2.75) is 110 Å². The molecule has 3 atom stereocenters. The third kappa shape index (κ3) is 13.8. The first-order chi connectivity index (χ1) is 21.3. The Morgan fingerprint density at radius 3 is 1.91 bits per heavy atom. The van der Waals surface area contributed by atoms with Crippen molar-refractivity contribution in [3.8, 4) is 0 Å². The number of ether oxygens (including phenoxy) is 1. The fraction of sp³-hybridized carbons (Fsp3) is 0.625. The Hall–Kier alpha value is -4.20. The summed E-state index contributed by atoms with van der Waals surface area (Å²) in [6.45, 7) is 12.8. The molecule has 0 unspecified atom stereocenters. The van der Waals surface area contributed by atoms with Gasteiger partial charge >= 0.3 is 6.09 Å². The number of nitrogens with two attached hydrogens (primary N) is 1.